The molecule has 0 saturated heterocycles. The van der Waals surface area contributed by atoms with Crippen molar-refractivity contribution >= 4 is 17.6 Å². The van der Waals surface area contributed by atoms with Crippen molar-refractivity contribution in [2.45, 2.75) is 19.9 Å². The maximum Gasteiger partial charge on any atom is 0.354 e. The van der Waals surface area contributed by atoms with Gasteiger partial charge >= 0.3 is 5.97 Å². The van der Waals surface area contributed by atoms with E-state index in [9.17, 15) is 4.79 Å². The molecule has 4 heteroatoms. The molecule has 0 atom stereocenters. The zero-order chi connectivity index (χ0) is 10.0. The van der Waals surface area contributed by atoms with Crippen LogP contribution in [0.4, 0.5) is 0 Å². The van der Waals surface area contributed by atoms with Crippen LogP contribution in [-0.4, -0.2) is 17.6 Å². The number of carbonyl (C=O) groups is 1. The number of hydrogen-bond donors (Lipinski definition) is 0. The van der Waals surface area contributed by atoms with Crippen molar-refractivity contribution in [2.75, 3.05) is 7.11 Å². The first-order valence-electron chi connectivity index (χ1n) is 4.02. The lowest BCUT2D eigenvalue weighted by molar-refractivity contribution is 0.0587. The van der Waals surface area contributed by atoms with Gasteiger partial charge in [0.1, 0.15) is 5.69 Å². The molecule has 3 nitrogen and oxygen atoms in total. The normalized spacial score (nSPS) is 10.5. The van der Waals surface area contributed by atoms with Crippen molar-refractivity contribution in [1.29, 1.82) is 0 Å². The Morgan fingerprint density at radius 1 is 1.62 bits per heavy atom. The van der Waals surface area contributed by atoms with E-state index in [1.54, 1.807) is 16.8 Å². The van der Waals surface area contributed by atoms with Crippen LogP contribution in [0.25, 0.3) is 0 Å². The first-order valence-corrected chi connectivity index (χ1v) is 4.39. The average Bonchev–Trinajstić information content (AvgIpc) is 2.46. The highest BCUT2D eigenvalue weighted by Crippen LogP contribution is 2.19. The Bertz CT molecular complexity index is 317. The highest BCUT2D eigenvalue weighted by atomic mass is 35.5. The fourth-order valence-electron chi connectivity index (χ4n) is 1.14. The Kier molecular flexibility index (Phi) is 2.98. The molecule has 0 radical (unpaired) electrons. The second-order valence-corrected chi connectivity index (χ2v) is 3.47. The maximum atomic E-state index is 11.3. The minimum atomic E-state index is -0.361. The van der Waals surface area contributed by atoms with Crippen LogP contribution in [0.1, 0.15) is 30.4 Å². The Balaban J connectivity index is 3.11. The molecule has 0 aliphatic carbocycles. The molecule has 0 unspecified atom stereocenters. The fraction of sp³-hybridized carbons (Fsp3) is 0.444. The molecule has 1 aromatic heterocycles. The van der Waals surface area contributed by atoms with E-state index in [2.05, 4.69) is 4.74 Å². The van der Waals surface area contributed by atoms with Crippen molar-refractivity contribution in [3.63, 3.8) is 0 Å². The minimum absolute atomic E-state index is 0.196. The Labute approximate surface area is 82.3 Å². The van der Waals surface area contributed by atoms with Gasteiger partial charge in [0.2, 0.25) is 0 Å². The van der Waals surface area contributed by atoms with Crippen molar-refractivity contribution in [3.05, 3.63) is 23.0 Å². The monoisotopic (exact) mass is 201 g/mol. The molecule has 1 aromatic rings. The third-order valence-corrected chi connectivity index (χ3v) is 1.97. The largest absolute Gasteiger partial charge is 0.464 e. The van der Waals surface area contributed by atoms with Crippen molar-refractivity contribution in [1.82, 2.24) is 4.57 Å². The number of aromatic nitrogens is 1. The van der Waals surface area contributed by atoms with Gasteiger partial charge in [-0.25, -0.2) is 4.79 Å². The van der Waals surface area contributed by atoms with E-state index < -0.39 is 0 Å². The molecule has 0 spiro atoms. The van der Waals surface area contributed by atoms with Gasteiger partial charge in [-0.15, -0.1) is 0 Å². The molecule has 0 amide bonds. The van der Waals surface area contributed by atoms with Crippen LogP contribution in [0.3, 0.4) is 0 Å². The summed E-state index contributed by atoms with van der Waals surface area (Å²) >= 11 is 5.78. The van der Waals surface area contributed by atoms with E-state index in [1.807, 2.05) is 13.8 Å². The third-order valence-electron chi connectivity index (χ3n) is 1.77. The quantitative estimate of drug-likeness (QED) is 0.689. The van der Waals surface area contributed by atoms with Crippen LogP contribution in [-0.2, 0) is 4.74 Å². The zero-order valence-electron chi connectivity index (χ0n) is 7.87. The van der Waals surface area contributed by atoms with Crippen LogP contribution in [0.2, 0.25) is 5.02 Å². The van der Waals surface area contributed by atoms with Crippen LogP contribution >= 0.6 is 11.6 Å². The van der Waals surface area contributed by atoms with Gasteiger partial charge in [0.25, 0.3) is 0 Å². The summed E-state index contributed by atoms with van der Waals surface area (Å²) in [7, 11) is 1.36. The molecule has 13 heavy (non-hydrogen) atoms. The molecule has 72 valence electrons. The molecule has 0 aliphatic heterocycles. The lowest BCUT2D eigenvalue weighted by Crippen LogP contribution is -2.11. The molecule has 0 N–H and O–H groups in total. The van der Waals surface area contributed by atoms with E-state index in [0.29, 0.717) is 10.7 Å². The lowest BCUT2D eigenvalue weighted by atomic mass is 10.3. The minimum Gasteiger partial charge on any atom is -0.464 e. The molecule has 0 aromatic carbocycles. The highest BCUT2D eigenvalue weighted by molar-refractivity contribution is 6.30. The summed E-state index contributed by atoms with van der Waals surface area (Å²) < 4.78 is 6.41. The smallest absolute Gasteiger partial charge is 0.354 e. The number of hydrogen-bond acceptors (Lipinski definition) is 2. The lowest BCUT2D eigenvalue weighted by Gasteiger charge is -2.10. The van der Waals surface area contributed by atoms with E-state index in [1.165, 1.54) is 7.11 Å². The summed E-state index contributed by atoms with van der Waals surface area (Å²) in [5.41, 5.74) is 0.488. The average molecular weight is 202 g/mol. The van der Waals surface area contributed by atoms with Crippen LogP contribution in [0.5, 0.6) is 0 Å². The van der Waals surface area contributed by atoms with Gasteiger partial charge < -0.3 is 9.30 Å². The number of esters is 1. The van der Waals surface area contributed by atoms with Crippen molar-refractivity contribution in [2.24, 2.45) is 0 Å². The number of halogens is 1. The maximum absolute atomic E-state index is 11.3. The Hall–Kier alpha value is -0.960. The fourth-order valence-corrected chi connectivity index (χ4v) is 1.35. The second-order valence-electron chi connectivity index (χ2n) is 3.04. The van der Waals surface area contributed by atoms with Gasteiger partial charge in [-0.2, -0.15) is 0 Å². The topological polar surface area (TPSA) is 31.2 Å². The summed E-state index contributed by atoms with van der Waals surface area (Å²) in [5.74, 6) is -0.361. The molecule has 0 bridgehead atoms. The molecule has 0 fully saturated rings. The van der Waals surface area contributed by atoms with Crippen molar-refractivity contribution < 1.29 is 9.53 Å². The van der Waals surface area contributed by atoms with Gasteiger partial charge in [0.05, 0.1) is 12.1 Å². The van der Waals surface area contributed by atoms with Gasteiger partial charge in [-0.3, -0.25) is 0 Å². The van der Waals surface area contributed by atoms with Crippen LogP contribution in [0.15, 0.2) is 12.3 Å². The van der Waals surface area contributed by atoms with E-state index in [0.717, 1.165) is 0 Å². The standard InChI is InChI=1S/C9H12ClNO2/c1-6(2)11-5-7(10)4-8(11)9(12)13-3/h4-6H,1-3H3. The summed E-state index contributed by atoms with van der Waals surface area (Å²) in [4.78, 5) is 11.3. The first kappa shape index (κ1) is 10.1. The predicted octanol–water partition coefficient (Wildman–Crippen LogP) is 2.51. The number of rotatable bonds is 2. The summed E-state index contributed by atoms with van der Waals surface area (Å²) in [6, 6.07) is 1.80. The molecule has 0 aliphatic rings. The number of methoxy groups -OCH3 is 1. The number of carbonyl (C=O) groups excluding carboxylic acids is 1. The third kappa shape index (κ3) is 2.04. The van der Waals surface area contributed by atoms with E-state index >= 15 is 0 Å². The van der Waals surface area contributed by atoms with Gasteiger partial charge in [-0.1, -0.05) is 11.6 Å². The Morgan fingerprint density at radius 2 is 2.23 bits per heavy atom. The second kappa shape index (κ2) is 3.83. The zero-order valence-corrected chi connectivity index (χ0v) is 8.63. The Morgan fingerprint density at radius 3 is 2.69 bits per heavy atom. The molecule has 1 heterocycles. The van der Waals surface area contributed by atoms with Gasteiger partial charge in [0, 0.05) is 12.2 Å². The summed E-state index contributed by atoms with van der Waals surface area (Å²) in [6.07, 6.45) is 1.72. The molecule has 0 saturated carbocycles. The first-order chi connectivity index (χ1) is 6.06. The summed E-state index contributed by atoms with van der Waals surface area (Å²) in [6.45, 7) is 3.95. The molecular formula is C9H12ClNO2. The summed E-state index contributed by atoms with van der Waals surface area (Å²) in [5, 5.41) is 0.550. The predicted molar refractivity (Wildman–Crippen MR) is 51.2 cm³/mol. The van der Waals surface area contributed by atoms with E-state index in [-0.39, 0.29) is 12.0 Å². The number of nitrogens with zero attached hydrogens (tertiary/aromatic N) is 1. The molecule has 1 rings (SSSR count). The molecular weight excluding hydrogens is 190 g/mol. The van der Waals surface area contributed by atoms with Gasteiger partial charge in [-0.05, 0) is 19.9 Å². The number of ether oxygens (including phenoxy) is 1. The van der Waals surface area contributed by atoms with Gasteiger partial charge in [0.15, 0.2) is 0 Å². The van der Waals surface area contributed by atoms with Crippen LogP contribution in [0, 0.1) is 0 Å². The van der Waals surface area contributed by atoms with E-state index in [4.69, 9.17) is 11.6 Å². The van der Waals surface area contributed by atoms with Crippen LogP contribution < -0.4 is 0 Å². The highest BCUT2D eigenvalue weighted by Gasteiger charge is 2.14. The SMILES string of the molecule is COC(=O)c1cc(Cl)cn1C(C)C. The van der Waals surface area contributed by atoms with Crippen molar-refractivity contribution in [3.8, 4) is 0 Å².